The first-order valence-corrected chi connectivity index (χ1v) is 10.9. The summed E-state index contributed by atoms with van der Waals surface area (Å²) in [5, 5.41) is 0.951. The molecule has 6 rings (SSSR count). The molecule has 0 saturated carbocycles. The first-order valence-electron chi connectivity index (χ1n) is 10.9. The minimum Gasteiger partial charge on any atom is -0.456 e. The number of hydrogen-bond donors (Lipinski definition) is 0. The van der Waals surface area contributed by atoms with E-state index >= 15 is 0 Å². The van der Waals surface area contributed by atoms with Gasteiger partial charge in [-0.15, -0.1) is 0 Å². The molecule has 0 atom stereocenters. The van der Waals surface area contributed by atoms with E-state index in [1.807, 2.05) is 72.8 Å². The molecule has 0 spiro atoms. The Morgan fingerprint density at radius 3 is 1.94 bits per heavy atom. The van der Waals surface area contributed by atoms with Crippen LogP contribution in [-0.4, -0.2) is 0 Å². The third-order valence-electron chi connectivity index (χ3n) is 5.91. The Morgan fingerprint density at radius 2 is 1.18 bits per heavy atom. The van der Waals surface area contributed by atoms with Crippen molar-refractivity contribution in [3.8, 4) is 33.8 Å². The summed E-state index contributed by atoms with van der Waals surface area (Å²) in [4.78, 5) is 26.5. The maximum atomic E-state index is 13.7. The van der Waals surface area contributed by atoms with E-state index in [4.69, 9.17) is 8.83 Å². The molecular formula is C30H18O4. The molecule has 0 aliphatic rings. The Hall–Kier alpha value is -4.70. The number of hydrogen-bond acceptors (Lipinski definition) is 4. The van der Waals surface area contributed by atoms with Crippen molar-refractivity contribution in [3.05, 3.63) is 130 Å². The lowest BCUT2D eigenvalue weighted by Gasteiger charge is -2.11. The molecular weight excluding hydrogens is 424 g/mol. The van der Waals surface area contributed by atoms with E-state index in [0.717, 1.165) is 11.1 Å². The van der Waals surface area contributed by atoms with Gasteiger partial charge in [-0.25, -0.2) is 0 Å². The van der Waals surface area contributed by atoms with Crippen molar-refractivity contribution in [1.29, 1.82) is 0 Å². The normalized spacial score (nSPS) is 11.2. The summed E-state index contributed by atoms with van der Waals surface area (Å²) in [6, 6.07) is 32.9. The molecule has 0 unspecified atom stereocenters. The van der Waals surface area contributed by atoms with Gasteiger partial charge in [-0.05, 0) is 29.8 Å². The highest BCUT2D eigenvalue weighted by atomic mass is 16.3. The highest BCUT2D eigenvalue weighted by molar-refractivity contribution is 5.92. The van der Waals surface area contributed by atoms with Gasteiger partial charge >= 0.3 is 0 Å². The molecule has 2 aromatic heterocycles. The average molecular weight is 442 g/mol. The Balaban J connectivity index is 1.65. The molecule has 0 N–H and O–H groups in total. The Morgan fingerprint density at radius 1 is 0.500 bits per heavy atom. The quantitative estimate of drug-likeness (QED) is 0.299. The van der Waals surface area contributed by atoms with E-state index in [0.29, 0.717) is 44.6 Å². The van der Waals surface area contributed by atoms with Crippen molar-refractivity contribution in [2.24, 2.45) is 0 Å². The number of benzene rings is 4. The Bertz CT molecular complexity index is 1780. The fraction of sp³-hybridized carbons (Fsp3) is 0. The SMILES string of the molecule is O=c1cc(-c2ccccc2)oc2cc(-c3c(-c4ccccc4)oc4ccccc4c3=O)ccc12. The maximum Gasteiger partial charge on any atom is 0.201 e. The van der Waals surface area contributed by atoms with Gasteiger partial charge in [0.2, 0.25) is 5.43 Å². The van der Waals surface area contributed by atoms with Gasteiger partial charge in [-0.2, -0.15) is 0 Å². The van der Waals surface area contributed by atoms with Gasteiger partial charge in [-0.1, -0.05) is 78.9 Å². The van der Waals surface area contributed by atoms with Crippen molar-refractivity contribution in [2.75, 3.05) is 0 Å². The smallest absolute Gasteiger partial charge is 0.201 e. The largest absolute Gasteiger partial charge is 0.456 e. The van der Waals surface area contributed by atoms with Gasteiger partial charge in [0.15, 0.2) is 5.43 Å². The van der Waals surface area contributed by atoms with Crippen LogP contribution in [0.4, 0.5) is 0 Å². The highest BCUT2D eigenvalue weighted by Gasteiger charge is 2.19. The van der Waals surface area contributed by atoms with E-state index < -0.39 is 0 Å². The van der Waals surface area contributed by atoms with E-state index in [-0.39, 0.29) is 10.9 Å². The topological polar surface area (TPSA) is 60.4 Å². The highest BCUT2D eigenvalue weighted by Crippen LogP contribution is 2.34. The molecule has 0 aliphatic heterocycles. The molecule has 6 aromatic rings. The summed E-state index contributed by atoms with van der Waals surface area (Å²) in [6.45, 7) is 0. The molecule has 4 aromatic carbocycles. The first kappa shape index (κ1) is 19.9. The summed E-state index contributed by atoms with van der Waals surface area (Å²) < 4.78 is 12.4. The summed E-state index contributed by atoms with van der Waals surface area (Å²) in [6.07, 6.45) is 0. The van der Waals surface area contributed by atoms with Crippen LogP contribution in [0.2, 0.25) is 0 Å². The van der Waals surface area contributed by atoms with Crippen LogP contribution in [0, 0.1) is 0 Å². The molecule has 4 nitrogen and oxygen atoms in total. The lowest BCUT2D eigenvalue weighted by molar-refractivity contribution is 0.618. The molecule has 162 valence electrons. The second-order valence-corrected chi connectivity index (χ2v) is 8.05. The zero-order chi connectivity index (χ0) is 23.1. The van der Waals surface area contributed by atoms with Gasteiger partial charge in [-0.3, -0.25) is 9.59 Å². The lowest BCUT2D eigenvalue weighted by atomic mass is 9.97. The molecule has 0 fully saturated rings. The maximum absolute atomic E-state index is 13.7. The zero-order valence-corrected chi connectivity index (χ0v) is 18.0. The summed E-state index contributed by atoms with van der Waals surface area (Å²) in [5.41, 5.74) is 3.31. The van der Waals surface area contributed by atoms with Crippen LogP contribution in [0.1, 0.15) is 0 Å². The van der Waals surface area contributed by atoms with E-state index in [1.54, 1.807) is 30.3 Å². The van der Waals surface area contributed by atoms with E-state index in [1.165, 1.54) is 6.07 Å². The molecule has 0 saturated heterocycles. The number of para-hydroxylation sites is 1. The van der Waals surface area contributed by atoms with Crippen LogP contribution in [0.5, 0.6) is 0 Å². The predicted molar refractivity (Wildman–Crippen MR) is 135 cm³/mol. The third-order valence-corrected chi connectivity index (χ3v) is 5.91. The fourth-order valence-electron chi connectivity index (χ4n) is 4.25. The van der Waals surface area contributed by atoms with Crippen LogP contribution < -0.4 is 10.9 Å². The third kappa shape index (κ3) is 3.33. The second-order valence-electron chi connectivity index (χ2n) is 8.05. The van der Waals surface area contributed by atoms with Crippen LogP contribution in [-0.2, 0) is 0 Å². The van der Waals surface area contributed by atoms with Crippen LogP contribution in [0.3, 0.4) is 0 Å². The van der Waals surface area contributed by atoms with Gasteiger partial charge in [0.25, 0.3) is 0 Å². The summed E-state index contributed by atoms with van der Waals surface area (Å²) in [5.74, 6) is 0.953. The second kappa shape index (κ2) is 8.01. The Kier molecular flexibility index (Phi) is 4.70. The van der Waals surface area contributed by atoms with Gasteiger partial charge in [0.1, 0.15) is 22.7 Å². The van der Waals surface area contributed by atoms with Gasteiger partial charge in [0.05, 0.1) is 16.3 Å². The Labute approximate surface area is 194 Å². The summed E-state index contributed by atoms with van der Waals surface area (Å²) in [7, 11) is 0. The van der Waals surface area contributed by atoms with E-state index in [9.17, 15) is 9.59 Å². The lowest BCUT2D eigenvalue weighted by Crippen LogP contribution is -2.08. The predicted octanol–water partition coefficient (Wildman–Crippen LogP) is 6.90. The van der Waals surface area contributed by atoms with E-state index in [2.05, 4.69) is 0 Å². The molecule has 34 heavy (non-hydrogen) atoms. The van der Waals surface area contributed by atoms with Crippen LogP contribution in [0.25, 0.3) is 55.7 Å². The first-order chi connectivity index (χ1) is 16.7. The molecule has 2 heterocycles. The number of fused-ring (bicyclic) bond motifs is 2. The standard InChI is InChI=1S/C30H18O4/c31-24-18-26(19-9-3-1-4-10-19)33-27-17-21(15-16-22(24)27)28-29(32)23-13-7-8-14-25(23)34-30(28)20-11-5-2-6-12-20/h1-18H. The minimum absolute atomic E-state index is 0.137. The fourth-order valence-corrected chi connectivity index (χ4v) is 4.25. The van der Waals surface area contributed by atoms with Crippen molar-refractivity contribution >= 4 is 21.9 Å². The number of rotatable bonds is 3. The van der Waals surface area contributed by atoms with Crippen molar-refractivity contribution in [2.45, 2.75) is 0 Å². The van der Waals surface area contributed by atoms with Crippen molar-refractivity contribution in [1.82, 2.24) is 0 Å². The minimum atomic E-state index is -0.138. The zero-order valence-electron chi connectivity index (χ0n) is 18.0. The average Bonchev–Trinajstić information content (AvgIpc) is 2.89. The van der Waals surface area contributed by atoms with Crippen molar-refractivity contribution in [3.63, 3.8) is 0 Å². The van der Waals surface area contributed by atoms with Crippen LogP contribution in [0.15, 0.2) is 128 Å². The van der Waals surface area contributed by atoms with Crippen LogP contribution >= 0.6 is 0 Å². The molecule has 0 bridgehead atoms. The van der Waals surface area contributed by atoms with Crippen molar-refractivity contribution < 1.29 is 8.83 Å². The molecule has 4 heteroatoms. The molecule has 0 aliphatic carbocycles. The monoisotopic (exact) mass is 442 g/mol. The summed E-state index contributed by atoms with van der Waals surface area (Å²) >= 11 is 0. The van der Waals surface area contributed by atoms with Gasteiger partial charge < -0.3 is 8.83 Å². The molecule has 0 radical (unpaired) electrons. The molecule has 0 amide bonds. The van der Waals surface area contributed by atoms with Gasteiger partial charge in [0, 0.05) is 17.2 Å².